The summed E-state index contributed by atoms with van der Waals surface area (Å²) in [5, 5.41) is 6.20. The summed E-state index contributed by atoms with van der Waals surface area (Å²) >= 11 is 0. The molecule has 2 aromatic carbocycles. The molecule has 7 nitrogen and oxygen atoms in total. The van der Waals surface area contributed by atoms with E-state index in [2.05, 4.69) is 34.9 Å². The average Bonchev–Trinajstić information content (AvgIpc) is 3.20. The lowest BCUT2D eigenvalue weighted by Gasteiger charge is -2.34. The van der Waals surface area contributed by atoms with Gasteiger partial charge in [-0.2, -0.15) is 0 Å². The van der Waals surface area contributed by atoms with Crippen molar-refractivity contribution in [3.05, 3.63) is 65.2 Å². The van der Waals surface area contributed by atoms with Crippen molar-refractivity contribution in [2.45, 2.75) is 76.0 Å². The van der Waals surface area contributed by atoms with E-state index in [4.69, 9.17) is 5.73 Å². The van der Waals surface area contributed by atoms with Crippen molar-refractivity contribution in [1.82, 2.24) is 10.2 Å². The predicted octanol–water partition coefficient (Wildman–Crippen LogP) is 3.38. The van der Waals surface area contributed by atoms with Crippen molar-refractivity contribution in [2.24, 2.45) is 11.7 Å². The summed E-state index contributed by atoms with van der Waals surface area (Å²) in [6.45, 7) is 0.380. The van der Waals surface area contributed by atoms with Gasteiger partial charge in [0.05, 0.1) is 0 Å². The second-order valence-electron chi connectivity index (χ2n) is 10.2. The Morgan fingerprint density at radius 1 is 0.971 bits per heavy atom. The molecule has 5 rings (SSSR count). The van der Waals surface area contributed by atoms with Gasteiger partial charge in [-0.25, -0.2) is 0 Å². The van der Waals surface area contributed by atoms with E-state index in [-0.39, 0.29) is 30.2 Å². The van der Waals surface area contributed by atoms with Gasteiger partial charge >= 0.3 is 0 Å². The number of imide groups is 1. The highest BCUT2D eigenvalue weighted by Crippen LogP contribution is 2.35. The molecule has 0 unspecified atom stereocenters. The Morgan fingerprint density at radius 2 is 1.74 bits per heavy atom. The summed E-state index contributed by atoms with van der Waals surface area (Å²) in [5.41, 5.74) is 10.1. The first-order chi connectivity index (χ1) is 17.0. The van der Waals surface area contributed by atoms with E-state index in [1.807, 2.05) is 24.3 Å². The van der Waals surface area contributed by atoms with E-state index < -0.39 is 6.04 Å². The monoisotopic (exact) mass is 474 g/mol. The van der Waals surface area contributed by atoms with Crippen LogP contribution < -0.4 is 16.4 Å². The number of hydrogen-bond acceptors (Lipinski definition) is 5. The standard InChI is InChI=1S/C28H34N4O3/c29-20-12-10-19(11-13-20)23(14-9-18-5-2-1-3-6-18)30-24-8-4-7-21-22(24)17-32(28(21)35)25-15-16-26(33)31-27(25)34/h1-8,19-20,23,25,30H,9-17,29H2,(H,31,33,34)/t19?,20?,23-,25-/m1/s1. The summed E-state index contributed by atoms with van der Waals surface area (Å²) in [6.07, 6.45) is 6.90. The second-order valence-corrected chi connectivity index (χ2v) is 10.2. The number of fused-ring (bicyclic) bond motifs is 1. The van der Waals surface area contributed by atoms with Crippen LogP contribution in [0.15, 0.2) is 48.5 Å². The number of benzene rings is 2. The molecule has 7 heteroatoms. The van der Waals surface area contributed by atoms with Gasteiger partial charge in [-0.15, -0.1) is 0 Å². The molecule has 2 aliphatic heterocycles. The van der Waals surface area contributed by atoms with Crippen LogP contribution >= 0.6 is 0 Å². The number of carbonyl (C=O) groups is 3. The summed E-state index contributed by atoms with van der Waals surface area (Å²) in [5.74, 6) is -0.261. The summed E-state index contributed by atoms with van der Waals surface area (Å²) in [4.78, 5) is 38.9. The first kappa shape index (κ1) is 23.5. The SMILES string of the molecule is NC1CCC([C@@H](CCc2ccccc2)Nc2cccc3c2CN([C@@H]2CCC(=O)NC2=O)C3=O)CC1. The van der Waals surface area contributed by atoms with Crippen LogP contribution in [0.1, 0.15) is 66.4 Å². The normalized spacial score (nSPS) is 25.2. The molecule has 2 fully saturated rings. The van der Waals surface area contributed by atoms with Crippen LogP contribution in [0.25, 0.3) is 0 Å². The molecule has 4 N–H and O–H groups in total. The zero-order valence-electron chi connectivity index (χ0n) is 20.0. The van der Waals surface area contributed by atoms with Gasteiger partial charge in [0, 0.05) is 41.9 Å². The molecule has 35 heavy (non-hydrogen) atoms. The second kappa shape index (κ2) is 10.2. The molecule has 3 amide bonds. The number of rotatable bonds is 7. The number of anilines is 1. The van der Waals surface area contributed by atoms with Gasteiger partial charge in [0.1, 0.15) is 6.04 Å². The third-order valence-electron chi connectivity index (χ3n) is 7.90. The molecule has 2 heterocycles. The molecule has 0 spiro atoms. The quantitative estimate of drug-likeness (QED) is 0.534. The Labute approximate surface area is 206 Å². The maximum atomic E-state index is 13.2. The fraction of sp³-hybridized carbons (Fsp3) is 0.464. The number of nitrogens with two attached hydrogens (primary N) is 1. The molecular weight excluding hydrogens is 440 g/mol. The van der Waals surface area contributed by atoms with Gasteiger partial charge in [0.15, 0.2) is 0 Å². The number of amides is 3. The Morgan fingerprint density at radius 3 is 2.49 bits per heavy atom. The third kappa shape index (κ3) is 5.10. The molecule has 0 bridgehead atoms. The molecule has 1 aliphatic carbocycles. The van der Waals surface area contributed by atoms with Gasteiger partial charge in [-0.05, 0) is 68.6 Å². The van der Waals surface area contributed by atoms with Crippen molar-refractivity contribution in [3.8, 4) is 0 Å². The maximum absolute atomic E-state index is 13.2. The minimum Gasteiger partial charge on any atom is -0.382 e. The van der Waals surface area contributed by atoms with Crippen molar-refractivity contribution in [3.63, 3.8) is 0 Å². The first-order valence-corrected chi connectivity index (χ1v) is 12.8. The maximum Gasteiger partial charge on any atom is 0.255 e. The van der Waals surface area contributed by atoms with Crippen molar-refractivity contribution < 1.29 is 14.4 Å². The van der Waals surface area contributed by atoms with Gasteiger partial charge in [-0.3, -0.25) is 19.7 Å². The Bertz CT molecular complexity index is 1090. The van der Waals surface area contributed by atoms with Gasteiger partial charge in [0.2, 0.25) is 11.8 Å². The van der Waals surface area contributed by atoms with E-state index in [0.717, 1.165) is 49.8 Å². The van der Waals surface area contributed by atoms with E-state index in [0.29, 0.717) is 30.5 Å². The van der Waals surface area contributed by atoms with E-state index >= 15 is 0 Å². The molecule has 2 aromatic rings. The van der Waals surface area contributed by atoms with E-state index in [1.165, 1.54) is 5.56 Å². The van der Waals surface area contributed by atoms with Gasteiger partial charge in [0.25, 0.3) is 5.91 Å². The lowest BCUT2D eigenvalue weighted by atomic mass is 9.80. The Kier molecular flexibility index (Phi) is 6.86. The van der Waals surface area contributed by atoms with Crippen LogP contribution in [-0.4, -0.2) is 40.7 Å². The average molecular weight is 475 g/mol. The molecule has 0 aromatic heterocycles. The molecule has 184 valence electrons. The minimum atomic E-state index is -0.603. The Hall–Kier alpha value is -3.19. The number of hydrogen-bond donors (Lipinski definition) is 3. The first-order valence-electron chi connectivity index (χ1n) is 12.8. The van der Waals surface area contributed by atoms with Crippen LogP contribution in [-0.2, 0) is 22.6 Å². The van der Waals surface area contributed by atoms with Crippen LogP contribution in [0.2, 0.25) is 0 Å². The fourth-order valence-corrected chi connectivity index (χ4v) is 5.86. The summed E-state index contributed by atoms with van der Waals surface area (Å²) in [7, 11) is 0. The topological polar surface area (TPSA) is 105 Å². The van der Waals surface area contributed by atoms with Gasteiger partial charge in [-0.1, -0.05) is 36.4 Å². The molecule has 3 aliphatic rings. The zero-order valence-corrected chi connectivity index (χ0v) is 20.0. The highest BCUT2D eigenvalue weighted by molar-refractivity contribution is 6.06. The number of carbonyl (C=O) groups excluding carboxylic acids is 3. The van der Waals surface area contributed by atoms with Crippen LogP contribution in [0.4, 0.5) is 5.69 Å². The molecule has 1 saturated heterocycles. The van der Waals surface area contributed by atoms with Crippen LogP contribution in [0, 0.1) is 5.92 Å². The lowest BCUT2D eigenvalue weighted by molar-refractivity contribution is -0.136. The third-order valence-corrected chi connectivity index (χ3v) is 7.90. The number of aryl methyl sites for hydroxylation is 1. The van der Waals surface area contributed by atoms with Crippen molar-refractivity contribution >= 4 is 23.4 Å². The zero-order chi connectivity index (χ0) is 24.4. The molecule has 1 saturated carbocycles. The van der Waals surface area contributed by atoms with Crippen LogP contribution in [0.5, 0.6) is 0 Å². The van der Waals surface area contributed by atoms with Crippen molar-refractivity contribution in [2.75, 3.05) is 5.32 Å². The van der Waals surface area contributed by atoms with Gasteiger partial charge < -0.3 is 16.0 Å². The highest BCUT2D eigenvalue weighted by Gasteiger charge is 2.40. The fourth-order valence-electron chi connectivity index (χ4n) is 5.86. The molecular formula is C28H34N4O3. The number of nitrogens with zero attached hydrogens (tertiary/aromatic N) is 1. The Balaban J connectivity index is 1.35. The number of piperidine rings is 1. The van der Waals surface area contributed by atoms with E-state index in [1.54, 1.807) is 4.90 Å². The predicted molar refractivity (Wildman–Crippen MR) is 135 cm³/mol. The largest absolute Gasteiger partial charge is 0.382 e. The molecule has 2 atom stereocenters. The van der Waals surface area contributed by atoms with E-state index in [9.17, 15) is 14.4 Å². The summed E-state index contributed by atoms with van der Waals surface area (Å²) < 4.78 is 0. The smallest absolute Gasteiger partial charge is 0.255 e. The highest BCUT2D eigenvalue weighted by atomic mass is 16.2. The molecule has 0 radical (unpaired) electrons. The minimum absolute atomic E-state index is 0.136. The van der Waals surface area contributed by atoms with Crippen molar-refractivity contribution in [1.29, 1.82) is 0 Å². The van der Waals surface area contributed by atoms with Crippen LogP contribution in [0.3, 0.4) is 0 Å². The lowest BCUT2D eigenvalue weighted by Crippen LogP contribution is -2.52. The number of nitrogens with one attached hydrogen (secondary N) is 2. The summed E-state index contributed by atoms with van der Waals surface area (Å²) in [6, 6.07) is 16.3.